The van der Waals surface area contributed by atoms with Gasteiger partial charge >= 0.3 is 6.03 Å². The van der Waals surface area contributed by atoms with Gasteiger partial charge in [-0.15, -0.1) is 0 Å². The number of urea groups is 1. The molecule has 1 atom stereocenters. The van der Waals surface area contributed by atoms with Gasteiger partial charge in [0.25, 0.3) is 0 Å². The van der Waals surface area contributed by atoms with Gasteiger partial charge in [0, 0.05) is 19.6 Å². The zero-order chi connectivity index (χ0) is 10.2. The Kier molecular flexibility index (Phi) is 2.39. The van der Waals surface area contributed by atoms with Crippen LogP contribution in [0, 0.1) is 5.92 Å². The van der Waals surface area contributed by atoms with Crippen molar-refractivity contribution < 1.29 is 4.79 Å². The maximum atomic E-state index is 11.3. The lowest BCUT2D eigenvalue weighted by atomic mass is 9.91. The Labute approximate surface area is 84.8 Å². The monoisotopic (exact) mass is 197 g/mol. The van der Waals surface area contributed by atoms with Gasteiger partial charge in [-0.1, -0.05) is 12.8 Å². The second kappa shape index (κ2) is 3.42. The van der Waals surface area contributed by atoms with Crippen molar-refractivity contribution in [2.45, 2.75) is 31.7 Å². The third-order valence-corrected chi connectivity index (χ3v) is 3.36. The molecule has 0 spiro atoms. The van der Waals surface area contributed by atoms with Crippen LogP contribution in [-0.4, -0.2) is 36.1 Å². The quantitative estimate of drug-likeness (QED) is 0.678. The number of carbonyl (C=O) groups is 1. The molecule has 4 nitrogen and oxygen atoms in total. The van der Waals surface area contributed by atoms with Crippen molar-refractivity contribution in [2.24, 2.45) is 11.7 Å². The van der Waals surface area contributed by atoms with E-state index in [-0.39, 0.29) is 11.6 Å². The van der Waals surface area contributed by atoms with Gasteiger partial charge in [-0.05, 0) is 19.3 Å². The number of hydrogen-bond donors (Lipinski definition) is 2. The van der Waals surface area contributed by atoms with E-state index in [0.717, 1.165) is 32.0 Å². The second-order valence-electron chi connectivity index (χ2n) is 4.81. The van der Waals surface area contributed by atoms with Gasteiger partial charge in [0.05, 0.1) is 5.54 Å². The Hall–Kier alpha value is -0.770. The van der Waals surface area contributed by atoms with E-state index in [0.29, 0.717) is 0 Å². The molecule has 80 valence electrons. The highest BCUT2D eigenvalue weighted by Gasteiger charge is 2.40. The highest BCUT2D eigenvalue weighted by molar-refractivity contribution is 5.73. The zero-order valence-corrected chi connectivity index (χ0v) is 8.75. The highest BCUT2D eigenvalue weighted by Crippen LogP contribution is 2.39. The van der Waals surface area contributed by atoms with Crippen molar-refractivity contribution in [1.82, 2.24) is 10.2 Å². The van der Waals surface area contributed by atoms with Gasteiger partial charge in [-0.2, -0.15) is 0 Å². The minimum atomic E-state index is -0.269. The Bertz CT molecular complexity index is 240. The second-order valence-corrected chi connectivity index (χ2v) is 4.81. The molecule has 1 unspecified atom stereocenters. The lowest BCUT2D eigenvalue weighted by molar-refractivity contribution is 0.0951. The Balaban J connectivity index is 2.05. The van der Waals surface area contributed by atoms with E-state index < -0.39 is 0 Å². The topological polar surface area (TPSA) is 58.4 Å². The van der Waals surface area contributed by atoms with Crippen LogP contribution in [0.15, 0.2) is 0 Å². The Morgan fingerprint density at radius 3 is 2.93 bits per heavy atom. The van der Waals surface area contributed by atoms with Gasteiger partial charge in [0.1, 0.15) is 0 Å². The highest BCUT2D eigenvalue weighted by atomic mass is 16.2. The molecule has 4 heteroatoms. The van der Waals surface area contributed by atoms with Crippen LogP contribution < -0.4 is 11.1 Å². The molecule has 1 aliphatic heterocycles. The first-order valence-corrected chi connectivity index (χ1v) is 5.40. The van der Waals surface area contributed by atoms with E-state index >= 15 is 0 Å². The van der Waals surface area contributed by atoms with Crippen molar-refractivity contribution in [3.05, 3.63) is 0 Å². The third kappa shape index (κ3) is 1.85. The lowest BCUT2D eigenvalue weighted by Crippen LogP contribution is -2.62. The maximum Gasteiger partial charge on any atom is 0.315 e. The molecule has 1 saturated heterocycles. The molecular formula is C10H19N3O. The van der Waals surface area contributed by atoms with Gasteiger partial charge in [-0.25, -0.2) is 4.79 Å². The number of rotatable bonds is 2. The fraction of sp³-hybridized carbons (Fsp3) is 0.900. The summed E-state index contributed by atoms with van der Waals surface area (Å²) in [6.07, 6.45) is 3.74. The average molecular weight is 197 g/mol. The van der Waals surface area contributed by atoms with E-state index in [1.807, 2.05) is 4.90 Å². The first kappa shape index (κ1) is 9.77. The molecule has 2 aliphatic rings. The van der Waals surface area contributed by atoms with E-state index in [2.05, 4.69) is 12.2 Å². The molecule has 2 amide bonds. The molecule has 3 N–H and O–H groups in total. The summed E-state index contributed by atoms with van der Waals surface area (Å²) in [5.74, 6) is 0.821. The molecule has 0 radical (unpaired) electrons. The zero-order valence-electron chi connectivity index (χ0n) is 8.75. The number of nitrogens with one attached hydrogen (secondary N) is 1. The van der Waals surface area contributed by atoms with Crippen LogP contribution in [0.25, 0.3) is 0 Å². The number of amides is 2. The molecule has 1 heterocycles. The van der Waals surface area contributed by atoms with Gasteiger partial charge < -0.3 is 16.0 Å². The first-order valence-electron chi connectivity index (χ1n) is 5.40. The fourth-order valence-corrected chi connectivity index (χ4v) is 2.42. The normalized spacial score (nSPS) is 33.1. The molecule has 1 aliphatic carbocycles. The number of carbonyl (C=O) groups excluding carboxylic acids is 1. The number of piperazine rings is 1. The van der Waals surface area contributed by atoms with Crippen LogP contribution in [-0.2, 0) is 0 Å². The average Bonchev–Trinajstić information content (AvgIpc) is 2.87. The van der Waals surface area contributed by atoms with Crippen LogP contribution in [0.3, 0.4) is 0 Å². The van der Waals surface area contributed by atoms with Crippen molar-refractivity contribution in [1.29, 1.82) is 0 Å². The summed E-state index contributed by atoms with van der Waals surface area (Å²) < 4.78 is 0. The summed E-state index contributed by atoms with van der Waals surface area (Å²) in [6.45, 7) is 4.64. The maximum absolute atomic E-state index is 11.3. The van der Waals surface area contributed by atoms with Gasteiger partial charge in [0.15, 0.2) is 0 Å². The number of nitrogens with two attached hydrogens (primary N) is 1. The molecule has 14 heavy (non-hydrogen) atoms. The van der Waals surface area contributed by atoms with Crippen LogP contribution in [0.1, 0.15) is 26.2 Å². The van der Waals surface area contributed by atoms with Crippen LogP contribution in [0.5, 0.6) is 0 Å². The predicted octanol–water partition coefficient (Wildman–Crippen LogP) is 0.529. The van der Waals surface area contributed by atoms with Crippen molar-refractivity contribution >= 4 is 6.03 Å². The van der Waals surface area contributed by atoms with E-state index in [1.54, 1.807) is 0 Å². The summed E-state index contributed by atoms with van der Waals surface area (Å²) in [6, 6.07) is -0.269. The molecule has 0 aromatic carbocycles. The van der Waals surface area contributed by atoms with E-state index in [9.17, 15) is 4.79 Å². The van der Waals surface area contributed by atoms with Crippen molar-refractivity contribution in [3.63, 3.8) is 0 Å². The minimum absolute atomic E-state index is 0.0503. The predicted molar refractivity (Wildman–Crippen MR) is 54.9 cm³/mol. The summed E-state index contributed by atoms with van der Waals surface area (Å²) >= 11 is 0. The van der Waals surface area contributed by atoms with Crippen molar-refractivity contribution in [3.8, 4) is 0 Å². The molecule has 1 saturated carbocycles. The lowest BCUT2D eigenvalue weighted by Gasteiger charge is -2.44. The SMILES string of the molecule is CC1(CC2CC2)CNCCN1C(N)=O. The van der Waals surface area contributed by atoms with E-state index in [1.165, 1.54) is 12.8 Å². The fourth-order valence-electron chi connectivity index (χ4n) is 2.42. The van der Waals surface area contributed by atoms with Gasteiger partial charge in [-0.3, -0.25) is 0 Å². The molecular weight excluding hydrogens is 178 g/mol. The molecule has 0 aromatic rings. The number of nitrogens with zero attached hydrogens (tertiary/aromatic N) is 1. The molecule has 0 aromatic heterocycles. The van der Waals surface area contributed by atoms with E-state index in [4.69, 9.17) is 5.73 Å². The van der Waals surface area contributed by atoms with Gasteiger partial charge in [0.2, 0.25) is 0 Å². The summed E-state index contributed by atoms with van der Waals surface area (Å²) in [5, 5.41) is 3.34. The molecule has 2 fully saturated rings. The van der Waals surface area contributed by atoms with Crippen molar-refractivity contribution in [2.75, 3.05) is 19.6 Å². The van der Waals surface area contributed by atoms with Crippen LogP contribution in [0.4, 0.5) is 4.79 Å². The van der Waals surface area contributed by atoms with Crippen LogP contribution >= 0.6 is 0 Å². The summed E-state index contributed by atoms with van der Waals surface area (Å²) in [7, 11) is 0. The smallest absolute Gasteiger partial charge is 0.315 e. The number of hydrogen-bond acceptors (Lipinski definition) is 2. The largest absolute Gasteiger partial charge is 0.351 e. The van der Waals surface area contributed by atoms with Crippen LogP contribution in [0.2, 0.25) is 0 Å². The summed E-state index contributed by atoms with van der Waals surface area (Å²) in [4.78, 5) is 13.1. The third-order valence-electron chi connectivity index (χ3n) is 3.36. The first-order chi connectivity index (χ1) is 6.62. The standard InChI is InChI=1S/C10H19N3O/c1-10(6-8-2-3-8)7-12-4-5-13(10)9(11)14/h8,12H,2-7H2,1H3,(H2,11,14). The number of primary amides is 1. The minimum Gasteiger partial charge on any atom is -0.351 e. The molecule has 2 rings (SSSR count). The Morgan fingerprint density at radius 1 is 1.64 bits per heavy atom. The Morgan fingerprint density at radius 2 is 2.36 bits per heavy atom. The molecule has 0 bridgehead atoms. The summed E-state index contributed by atoms with van der Waals surface area (Å²) in [5.41, 5.74) is 5.35.